The number of ether oxygens (including phenoxy) is 2. The fourth-order valence-corrected chi connectivity index (χ4v) is 4.45. The van der Waals surface area contributed by atoms with E-state index >= 15 is 0 Å². The molecule has 140 valence electrons. The molecule has 3 atom stereocenters. The van der Waals surface area contributed by atoms with Crippen LogP contribution >= 0.6 is 0 Å². The minimum absolute atomic E-state index is 0.113. The average molecular weight is 348 g/mol. The van der Waals surface area contributed by atoms with Gasteiger partial charge in [-0.05, 0) is 63.3 Å². The number of hydrogen-bond acceptors (Lipinski definition) is 5. The fourth-order valence-electron chi connectivity index (χ4n) is 4.45. The molecular formula is C20H32N2O3. The number of methoxy groups -OCH3 is 1. The van der Waals surface area contributed by atoms with Gasteiger partial charge in [0.15, 0.2) is 0 Å². The maximum Gasteiger partial charge on any atom is 0.235 e. The highest BCUT2D eigenvalue weighted by Crippen LogP contribution is 2.36. The maximum atomic E-state index is 10.4. The monoisotopic (exact) mass is 348 g/mol. The average Bonchev–Trinajstić information content (AvgIpc) is 2.56. The number of piperidine rings is 2. The number of aliphatic hydroxyl groups excluding tert-OH is 1. The van der Waals surface area contributed by atoms with Gasteiger partial charge >= 0.3 is 0 Å². The third-order valence-corrected chi connectivity index (χ3v) is 5.52. The third kappa shape index (κ3) is 4.46. The molecule has 1 aromatic carbocycles. The number of aryl methyl sites for hydroxylation is 1. The van der Waals surface area contributed by atoms with E-state index in [1.165, 1.54) is 32.2 Å². The first-order valence-electron chi connectivity index (χ1n) is 9.61. The molecule has 2 N–H and O–H groups in total. The molecular weight excluding hydrogens is 316 g/mol. The van der Waals surface area contributed by atoms with Gasteiger partial charge in [0.1, 0.15) is 5.75 Å². The van der Waals surface area contributed by atoms with Crippen molar-refractivity contribution in [3.8, 4) is 5.75 Å². The first kappa shape index (κ1) is 18.5. The molecule has 2 bridgehead atoms. The van der Waals surface area contributed by atoms with Crippen LogP contribution in [0, 0.1) is 6.92 Å². The molecule has 0 spiro atoms. The number of anilines is 1. The van der Waals surface area contributed by atoms with Crippen molar-refractivity contribution in [2.75, 3.05) is 19.0 Å². The molecule has 2 saturated heterocycles. The molecule has 5 heteroatoms. The summed E-state index contributed by atoms with van der Waals surface area (Å²) in [5, 5.41) is 13.4. The van der Waals surface area contributed by atoms with Crippen molar-refractivity contribution < 1.29 is 14.6 Å². The summed E-state index contributed by atoms with van der Waals surface area (Å²) in [5.74, 6) is 0.711. The van der Waals surface area contributed by atoms with Gasteiger partial charge in [-0.15, -0.1) is 0 Å². The number of benzene rings is 1. The highest BCUT2D eigenvalue weighted by molar-refractivity contribution is 5.58. The van der Waals surface area contributed by atoms with E-state index in [0.717, 1.165) is 24.1 Å². The van der Waals surface area contributed by atoms with E-state index in [9.17, 15) is 5.11 Å². The van der Waals surface area contributed by atoms with Crippen LogP contribution in [0.2, 0.25) is 0 Å². The van der Waals surface area contributed by atoms with E-state index < -0.39 is 6.41 Å². The van der Waals surface area contributed by atoms with E-state index in [1.54, 1.807) is 7.11 Å². The minimum atomic E-state index is -1.01. The second kappa shape index (κ2) is 8.39. The normalized spacial score (nSPS) is 27.8. The summed E-state index contributed by atoms with van der Waals surface area (Å²) in [6, 6.07) is 7.07. The Morgan fingerprint density at radius 1 is 1.28 bits per heavy atom. The van der Waals surface area contributed by atoms with Crippen LogP contribution in [0.3, 0.4) is 0 Å². The smallest absolute Gasteiger partial charge is 0.235 e. The van der Waals surface area contributed by atoms with E-state index in [2.05, 4.69) is 17.1 Å². The van der Waals surface area contributed by atoms with Gasteiger partial charge in [0.05, 0.1) is 18.9 Å². The lowest BCUT2D eigenvalue weighted by Gasteiger charge is -2.49. The molecule has 3 unspecified atom stereocenters. The molecule has 0 radical (unpaired) electrons. The zero-order valence-corrected chi connectivity index (χ0v) is 15.7. The summed E-state index contributed by atoms with van der Waals surface area (Å²) in [5.41, 5.74) is 1.87. The van der Waals surface area contributed by atoms with Crippen molar-refractivity contribution in [3.05, 3.63) is 23.8 Å². The molecule has 0 amide bonds. The Morgan fingerprint density at radius 2 is 2.00 bits per heavy atom. The molecule has 2 aliphatic heterocycles. The van der Waals surface area contributed by atoms with Gasteiger partial charge < -0.3 is 19.9 Å². The van der Waals surface area contributed by atoms with Gasteiger partial charge in [0, 0.05) is 12.1 Å². The van der Waals surface area contributed by atoms with Crippen LogP contribution in [0.5, 0.6) is 5.75 Å². The van der Waals surface area contributed by atoms with Crippen molar-refractivity contribution in [3.63, 3.8) is 0 Å². The van der Waals surface area contributed by atoms with Crippen molar-refractivity contribution in [1.29, 1.82) is 0 Å². The zero-order valence-electron chi connectivity index (χ0n) is 15.7. The van der Waals surface area contributed by atoms with Crippen LogP contribution in [0.4, 0.5) is 5.69 Å². The minimum Gasteiger partial charge on any atom is -0.495 e. The Bertz CT molecular complexity index is 552. The lowest BCUT2D eigenvalue weighted by Crippen LogP contribution is -2.54. The Balaban J connectivity index is 1.59. The van der Waals surface area contributed by atoms with Gasteiger partial charge in [-0.1, -0.05) is 19.4 Å². The Hall–Kier alpha value is -1.30. The van der Waals surface area contributed by atoms with Gasteiger partial charge in [0.2, 0.25) is 6.41 Å². The van der Waals surface area contributed by atoms with Crippen LogP contribution < -0.4 is 10.1 Å². The fraction of sp³-hybridized carbons (Fsp3) is 0.700. The molecule has 2 fully saturated rings. The molecule has 3 rings (SSSR count). The summed E-state index contributed by atoms with van der Waals surface area (Å²) < 4.78 is 11.3. The molecule has 0 aromatic heterocycles. The van der Waals surface area contributed by atoms with Crippen LogP contribution in [0.15, 0.2) is 18.2 Å². The predicted molar refractivity (Wildman–Crippen MR) is 99.9 cm³/mol. The third-order valence-electron chi connectivity index (χ3n) is 5.52. The lowest BCUT2D eigenvalue weighted by atomic mass is 9.83. The largest absolute Gasteiger partial charge is 0.495 e. The van der Waals surface area contributed by atoms with Crippen molar-refractivity contribution in [1.82, 2.24) is 4.90 Å². The summed E-state index contributed by atoms with van der Waals surface area (Å²) >= 11 is 0. The molecule has 0 saturated carbocycles. The van der Waals surface area contributed by atoms with E-state index in [0.29, 0.717) is 17.8 Å². The summed E-state index contributed by atoms with van der Waals surface area (Å²) in [7, 11) is 1.63. The Labute approximate surface area is 151 Å². The molecule has 1 aromatic rings. The van der Waals surface area contributed by atoms with Gasteiger partial charge in [-0.2, -0.15) is 0 Å². The molecule has 2 aliphatic rings. The number of nitrogens with one attached hydrogen (secondary N) is 1. The van der Waals surface area contributed by atoms with Crippen molar-refractivity contribution in [2.45, 2.75) is 77.0 Å². The topological polar surface area (TPSA) is 54.0 Å². The SMILES string of the molecule is CCCN1C2CCCC1CC(OC(O)Nc1cc(C)ccc1OC)C2. The highest BCUT2D eigenvalue weighted by atomic mass is 16.6. The molecule has 25 heavy (non-hydrogen) atoms. The van der Waals surface area contributed by atoms with Crippen LogP contribution in [0.1, 0.15) is 51.0 Å². The zero-order chi connectivity index (χ0) is 17.8. The summed E-state index contributed by atoms with van der Waals surface area (Å²) in [6.45, 7) is 5.45. The second-order valence-corrected chi connectivity index (χ2v) is 7.41. The molecule has 0 aliphatic carbocycles. The molecule has 2 heterocycles. The van der Waals surface area contributed by atoms with E-state index in [1.807, 2.05) is 25.1 Å². The predicted octanol–water partition coefficient (Wildman–Crippen LogP) is 3.50. The number of hydrogen-bond donors (Lipinski definition) is 2. The first-order valence-corrected chi connectivity index (χ1v) is 9.61. The van der Waals surface area contributed by atoms with Gasteiger partial charge in [-0.3, -0.25) is 4.90 Å². The second-order valence-electron chi connectivity index (χ2n) is 7.41. The Kier molecular flexibility index (Phi) is 6.20. The number of fused-ring (bicyclic) bond motifs is 2. The maximum absolute atomic E-state index is 10.4. The quantitative estimate of drug-likeness (QED) is 0.739. The number of rotatable bonds is 7. The van der Waals surface area contributed by atoms with Crippen LogP contribution in [-0.4, -0.2) is 48.3 Å². The lowest BCUT2D eigenvalue weighted by molar-refractivity contribution is -0.151. The summed E-state index contributed by atoms with van der Waals surface area (Å²) in [4.78, 5) is 2.67. The standard InChI is InChI=1S/C20H32N2O3/c1-4-10-22-15-6-5-7-16(22)13-17(12-15)25-20(23)21-18-11-14(2)8-9-19(18)24-3/h8-9,11,15-17,20-21,23H,4-7,10,12-13H2,1-3H3. The van der Waals surface area contributed by atoms with E-state index in [4.69, 9.17) is 9.47 Å². The molecule has 5 nitrogen and oxygen atoms in total. The van der Waals surface area contributed by atoms with Gasteiger partial charge in [-0.25, -0.2) is 0 Å². The van der Waals surface area contributed by atoms with Crippen molar-refractivity contribution in [2.24, 2.45) is 0 Å². The highest BCUT2D eigenvalue weighted by Gasteiger charge is 2.38. The van der Waals surface area contributed by atoms with Crippen LogP contribution in [0.25, 0.3) is 0 Å². The van der Waals surface area contributed by atoms with Gasteiger partial charge in [0.25, 0.3) is 0 Å². The number of nitrogens with zero attached hydrogens (tertiary/aromatic N) is 1. The summed E-state index contributed by atoms with van der Waals surface area (Å²) in [6.07, 6.45) is 6.16. The number of aliphatic hydroxyl groups is 1. The van der Waals surface area contributed by atoms with Crippen molar-refractivity contribution >= 4 is 5.69 Å². The Morgan fingerprint density at radius 3 is 2.64 bits per heavy atom. The van der Waals surface area contributed by atoms with Crippen LogP contribution in [-0.2, 0) is 4.74 Å². The van der Waals surface area contributed by atoms with E-state index in [-0.39, 0.29) is 6.10 Å². The first-order chi connectivity index (χ1) is 12.1.